The number of carbonyl (C=O) groups excluding carboxylic acids is 1. The van der Waals surface area contributed by atoms with Crippen molar-refractivity contribution >= 4 is 15.7 Å². The van der Waals surface area contributed by atoms with E-state index in [9.17, 15) is 31.6 Å². The SMILES string of the molecule is Cc1noc(C)c1-c1ccc(S(=O)(=O)[C@@H]2C[C@H](OC(C)C)[C@@H](C(=O)NC3(C#N)CC3)C2)c(C(F)(F)F)c1. The first-order valence-corrected chi connectivity index (χ1v) is 13.5. The van der Waals surface area contributed by atoms with Gasteiger partial charge in [-0.15, -0.1) is 0 Å². The zero-order chi connectivity index (χ0) is 27.3. The van der Waals surface area contributed by atoms with E-state index >= 15 is 0 Å². The highest BCUT2D eigenvalue weighted by molar-refractivity contribution is 7.92. The Morgan fingerprint density at radius 2 is 1.95 bits per heavy atom. The molecule has 1 aromatic carbocycles. The fourth-order valence-corrected chi connectivity index (χ4v) is 6.93. The average Bonchev–Trinajstić information content (AvgIpc) is 3.31. The molecule has 4 rings (SSSR count). The van der Waals surface area contributed by atoms with E-state index in [1.807, 2.05) is 0 Å². The number of rotatable bonds is 7. The van der Waals surface area contributed by atoms with E-state index in [0.29, 0.717) is 29.9 Å². The van der Waals surface area contributed by atoms with Gasteiger partial charge in [0.2, 0.25) is 5.91 Å². The summed E-state index contributed by atoms with van der Waals surface area (Å²) in [7, 11) is -4.51. The van der Waals surface area contributed by atoms with Crippen molar-refractivity contribution in [3.63, 3.8) is 0 Å². The highest BCUT2D eigenvalue weighted by atomic mass is 32.2. The number of halogens is 3. The van der Waals surface area contributed by atoms with Crippen molar-refractivity contribution in [2.75, 3.05) is 0 Å². The van der Waals surface area contributed by atoms with Crippen LogP contribution in [0.4, 0.5) is 13.2 Å². The van der Waals surface area contributed by atoms with Crippen LogP contribution in [0.2, 0.25) is 0 Å². The average molecular weight is 540 g/mol. The van der Waals surface area contributed by atoms with E-state index in [4.69, 9.17) is 9.26 Å². The summed E-state index contributed by atoms with van der Waals surface area (Å²) in [5.41, 5.74) is -1.37. The summed E-state index contributed by atoms with van der Waals surface area (Å²) in [6, 6.07) is 5.11. The number of alkyl halides is 3. The maximum absolute atomic E-state index is 14.2. The smallest absolute Gasteiger partial charge is 0.375 e. The Hall–Kier alpha value is -2.91. The third kappa shape index (κ3) is 5.25. The number of nitriles is 1. The molecule has 1 amide bonds. The van der Waals surface area contributed by atoms with Crippen LogP contribution in [-0.4, -0.2) is 42.5 Å². The second-order valence-corrected chi connectivity index (χ2v) is 12.3. The molecular weight excluding hydrogens is 511 g/mol. The van der Waals surface area contributed by atoms with Crippen molar-refractivity contribution in [3.05, 3.63) is 35.2 Å². The van der Waals surface area contributed by atoms with Crippen LogP contribution in [0.5, 0.6) is 0 Å². The molecule has 1 heterocycles. The molecule has 8 nitrogen and oxygen atoms in total. The van der Waals surface area contributed by atoms with Crippen molar-refractivity contribution in [2.45, 2.75) is 87.4 Å². The molecular formula is C25H28F3N3O5S. The number of aryl methyl sites for hydroxylation is 2. The second kappa shape index (κ2) is 9.44. The zero-order valence-corrected chi connectivity index (χ0v) is 21.7. The first-order valence-electron chi connectivity index (χ1n) is 12.0. The summed E-state index contributed by atoms with van der Waals surface area (Å²) in [5.74, 6) is -1.12. The number of benzene rings is 1. The topological polar surface area (TPSA) is 122 Å². The largest absolute Gasteiger partial charge is 0.417 e. The number of sulfone groups is 1. The summed E-state index contributed by atoms with van der Waals surface area (Å²) in [4.78, 5) is 12.1. The van der Waals surface area contributed by atoms with Gasteiger partial charge in [-0.25, -0.2) is 8.42 Å². The third-order valence-electron chi connectivity index (χ3n) is 6.92. The van der Waals surface area contributed by atoms with Gasteiger partial charge in [0.25, 0.3) is 0 Å². The molecule has 12 heteroatoms. The van der Waals surface area contributed by atoms with Gasteiger partial charge in [0.1, 0.15) is 11.3 Å². The number of hydrogen-bond acceptors (Lipinski definition) is 7. The van der Waals surface area contributed by atoms with Gasteiger partial charge in [0, 0.05) is 5.56 Å². The normalized spacial score (nSPS) is 23.2. The van der Waals surface area contributed by atoms with Gasteiger partial charge in [-0.1, -0.05) is 11.2 Å². The molecule has 1 N–H and O–H groups in total. The van der Waals surface area contributed by atoms with Gasteiger partial charge in [-0.2, -0.15) is 18.4 Å². The lowest BCUT2D eigenvalue weighted by Gasteiger charge is -2.22. The number of carbonyl (C=O) groups is 1. The van der Waals surface area contributed by atoms with Gasteiger partial charge in [0.15, 0.2) is 9.84 Å². The van der Waals surface area contributed by atoms with Gasteiger partial charge >= 0.3 is 6.18 Å². The predicted octanol–water partition coefficient (Wildman–Crippen LogP) is 4.50. The van der Waals surface area contributed by atoms with Crippen LogP contribution in [-0.2, 0) is 25.5 Å². The van der Waals surface area contributed by atoms with Crippen molar-refractivity contribution < 1.29 is 35.6 Å². The molecule has 200 valence electrons. The van der Waals surface area contributed by atoms with Crippen LogP contribution in [0.25, 0.3) is 11.1 Å². The van der Waals surface area contributed by atoms with E-state index in [-0.39, 0.29) is 24.5 Å². The Bertz CT molecular complexity index is 1340. The minimum atomic E-state index is -4.95. The fraction of sp³-hybridized carbons (Fsp3) is 0.560. The number of aromatic nitrogens is 1. The summed E-state index contributed by atoms with van der Waals surface area (Å²) < 4.78 is 80.6. The molecule has 0 bridgehead atoms. The van der Waals surface area contributed by atoms with Crippen LogP contribution >= 0.6 is 0 Å². The molecule has 2 aliphatic carbocycles. The lowest BCUT2D eigenvalue weighted by atomic mass is 10.0. The monoisotopic (exact) mass is 539 g/mol. The lowest BCUT2D eigenvalue weighted by molar-refractivity contribution is -0.139. The number of nitrogens with zero attached hydrogens (tertiary/aromatic N) is 2. The molecule has 1 aromatic heterocycles. The molecule has 0 aliphatic heterocycles. The van der Waals surface area contributed by atoms with Crippen molar-refractivity contribution in [1.29, 1.82) is 5.26 Å². The van der Waals surface area contributed by atoms with Gasteiger partial charge in [0.05, 0.1) is 45.6 Å². The first-order chi connectivity index (χ1) is 17.2. The molecule has 0 saturated heterocycles. The Morgan fingerprint density at radius 1 is 1.27 bits per heavy atom. The number of hydrogen-bond donors (Lipinski definition) is 1. The molecule has 0 spiro atoms. The minimum absolute atomic E-state index is 0.137. The number of nitrogens with one attached hydrogen (secondary N) is 1. The molecule has 37 heavy (non-hydrogen) atoms. The molecule has 3 atom stereocenters. The van der Waals surface area contributed by atoms with Gasteiger partial charge < -0.3 is 14.6 Å². The van der Waals surface area contributed by atoms with Gasteiger partial charge in [-0.05, 0) is 71.1 Å². The van der Waals surface area contributed by atoms with Crippen molar-refractivity contribution in [1.82, 2.24) is 10.5 Å². The molecule has 0 unspecified atom stereocenters. The molecule has 2 aliphatic rings. The highest BCUT2D eigenvalue weighted by Crippen LogP contribution is 2.43. The maximum Gasteiger partial charge on any atom is 0.417 e. The quantitative estimate of drug-likeness (QED) is 0.550. The number of amides is 1. The zero-order valence-electron chi connectivity index (χ0n) is 20.8. The minimum Gasteiger partial charge on any atom is -0.375 e. The van der Waals surface area contributed by atoms with E-state index in [1.54, 1.807) is 27.7 Å². The van der Waals surface area contributed by atoms with Gasteiger partial charge in [-0.3, -0.25) is 4.79 Å². The van der Waals surface area contributed by atoms with E-state index in [2.05, 4.69) is 16.5 Å². The van der Waals surface area contributed by atoms with Crippen LogP contribution in [0.1, 0.15) is 56.5 Å². The molecule has 2 saturated carbocycles. The van der Waals surface area contributed by atoms with Crippen LogP contribution in [0.3, 0.4) is 0 Å². The van der Waals surface area contributed by atoms with Crippen molar-refractivity contribution in [2.24, 2.45) is 5.92 Å². The summed E-state index contributed by atoms with van der Waals surface area (Å²) in [6.07, 6.45) is -5.47. The van der Waals surface area contributed by atoms with Crippen molar-refractivity contribution in [3.8, 4) is 17.2 Å². The summed E-state index contributed by atoms with van der Waals surface area (Å²) >= 11 is 0. The Morgan fingerprint density at radius 3 is 2.46 bits per heavy atom. The first kappa shape index (κ1) is 27.1. The summed E-state index contributed by atoms with van der Waals surface area (Å²) in [6.45, 7) is 6.59. The van der Waals surface area contributed by atoms with E-state index in [0.717, 1.165) is 12.1 Å². The predicted molar refractivity (Wildman–Crippen MR) is 126 cm³/mol. The molecule has 2 fully saturated rings. The standard InChI is InChI=1S/C25H28F3N3O5S/c1-13(2)35-20-11-17(10-18(20)23(32)30-24(12-29)7-8-24)37(33,34)21-6-5-16(9-19(21)25(26,27)28)22-14(3)31-36-15(22)4/h5-6,9,13,17-18,20H,7-8,10-11H2,1-4H3,(H,30,32)/t17-,18-,20-/m0/s1. The van der Waals surface area contributed by atoms with E-state index < -0.39 is 55.2 Å². The van der Waals surface area contributed by atoms with Crippen LogP contribution < -0.4 is 5.32 Å². The lowest BCUT2D eigenvalue weighted by Crippen LogP contribution is -2.43. The third-order valence-corrected chi connectivity index (χ3v) is 9.16. The Kier molecular flexibility index (Phi) is 6.92. The highest BCUT2D eigenvalue weighted by Gasteiger charge is 2.51. The molecule has 0 radical (unpaired) electrons. The van der Waals surface area contributed by atoms with Crippen LogP contribution in [0, 0.1) is 31.1 Å². The molecule has 2 aromatic rings. The van der Waals surface area contributed by atoms with Crippen LogP contribution in [0.15, 0.2) is 27.6 Å². The van der Waals surface area contributed by atoms with E-state index in [1.165, 1.54) is 6.07 Å². The summed E-state index contributed by atoms with van der Waals surface area (Å²) in [5, 5.41) is 14.5. The Labute approximate surface area is 213 Å². The second-order valence-electron chi connectivity index (χ2n) is 10.1. The fourth-order valence-electron chi connectivity index (χ4n) is 4.93. The Balaban J connectivity index is 1.70. The maximum atomic E-state index is 14.2. The number of ether oxygens (including phenoxy) is 1.